The molecule has 21 heavy (non-hydrogen) atoms. The van der Waals surface area contributed by atoms with Gasteiger partial charge in [-0.25, -0.2) is 4.39 Å². The second kappa shape index (κ2) is 5.39. The van der Waals surface area contributed by atoms with Crippen LogP contribution in [0, 0.1) is 5.82 Å². The molecule has 2 aromatic carbocycles. The number of amides is 1. The second-order valence-corrected chi connectivity index (χ2v) is 5.31. The van der Waals surface area contributed by atoms with E-state index >= 15 is 0 Å². The van der Waals surface area contributed by atoms with E-state index in [1.54, 1.807) is 18.2 Å². The number of rotatable bonds is 2. The maximum atomic E-state index is 13.3. The van der Waals surface area contributed by atoms with Crippen LogP contribution in [0.2, 0.25) is 10.0 Å². The first-order chi connectivity index (χ1) is 10.0. The summed E-state index contributed by atoms with van der Waals surface area (Å²) in [6, 6.07) is 8.99. The highest BCUT2D eigenvalue weighted by atomic mass is 35.5. The summed E-state index contributed by atoms with van der Waals surface area (Å²) in [6.07, 6.45) is 1.53. The Kier molecular flexibility index (Phi) is 3.57. The number of nitrogens with one attached hydrogen (secondary N) is 2. The average Bonchev–Trinajstić information content (AvgIpc) is 2.85. The van der Waals surface area contributed by atoms with Gasteiger partial charge in [-0.1, -0.05) is 23.2 Å². The van der Waals surface area contributed by atoms with Crippen LogP contribution in [0.25, 0.3) is 10.9 Å². The monoisotopic (exact) mass is 322 g/mol. The van der Waals surface area contributed by atoms with E-state index in [1.807, 2.05) is 0 Å². The van der Waals surface area contributed by atoms with Gasteiger partial charge < -0.3 is 10.3 Å². The van der Waals surface area contributed by atoms with Gasteiger partial charge in [0.15, 0.2) is 0 Å². The molecule has 0 spiro atoms. The van der Waals surface area contributed by atoms with Crippen molar-refractivity contribution in [3.63, 3.8) is 0 Å². The van der Waals surface area contributed by atoms with Gasteiger partial charge in [-0.15, -0.1) is 0 Å². The first-order valence-electron chi connectivity index (χ1n) is 6.07. The lowest BCUT2D eigenvalue weighted by molar-refractivity contribution is 0.102. The summed E-state index contributed by atoms with van der Waals surface area (Å²) in [5, 5.41) is 4.01. The first-order valence-corrected chi connectivity index (χ1v) is 6.83. The molecular weight excluding hydrogens is 314 g/mol. The maximum absolute atomic E-state index is 13.3. The quantitative estimate of drug-likeness (QED) is 0.694. The van der Waals surface area contributed by atoms with E-state index in [2.05, 4.69) is 10.3 Å². The van der Waals surface area contributed by atoms with Gasteiger partial charge in [0.2, 0.25) is 0 Å². The number of anilines is 1. The lowest BCUT2D eigenvalue weighted by atomic mass is 10.1. The largest absolute Gasteiger partial charge is 0.360 e. The van der Waals surface area contributed by atoms with Crippen molar-refractivity contribution in [3.05, 3.63) is 64.0 Å². The molecule has 0 saturated carbocycles. The fourth-order valence-electron chi connectivity index (χ4n) is 2.06. The minimum Gasteiger partial charge on any atom is -0.360 e. The van der Waals surface area contributed by atoms with Gasteiger partial charge in [-0.2, -0.15) is 0 Å². The van der Waals surface area contributed by atoms with Gasteiger partial charge in [0.1, 0.15) is 5.82 Å². The molecular formula is C15H9Cl2FN2O. The Labute approximate surface area is 129 Å². The van der Waals surface area contributed by atoms with E-state index < -0.39 is 5.82 Å². The van der Waals surface area contributed by atoms with Gasteiger partial charge >= 0.3 is 0 Å². The lowest BCUT2D eigenvalue weighted by Crippen LogP contribution is -2.11. The average molecular weight is 323 g/mol. The van der Waals surface area contributed by atoms with Crippen molar-refractivity contribution in [2.45, 2.75) is 0 Å². The van der Waals surface area contributed by atoms with Crippen molar-refractivity contribution in [2.75, 3.05) is 5.32 Å². The summed E-state index contributed by atoms with van der Waals surface area (Å²) in [5.74, 6) is -0.781. The molecule has 106 valence electrons. The van der Waals surface area contributed by atoms with Crippen LogP contribution in [0.1, 0.15) is 10.4 Å². The Morgan fingerprint density at radius 2 is 1.95 bits per heavy atom. The van der Waals surface area contributed by atoms with Crippen LogP contribution < -0.4 is 5.32 Å². The molecule has 0 saturated heterocycles. The molecule has 0 atom stereocenters. The number of aromatic amines is 1. The summed E-state index contributed by atoms with van der Waals surface area (Å²) < 4.78 is 13.3. The minimum atomic E-state index is -0.402. The molecule has 0 aliphatic heterocycles. The van der Waals surface area contributed by atoms with Crippen LogP contribution in [0.5, 0.6) is 0 Å². The zero-order valence-electron chi connectivity index (χ0n) is 10.6. The summed E-state index contributed by atoms with van der Waals surface area (Å²) in [5.41, 5.74) is 1.47. The molecule has 3 rings (SSSR count). The van der Waals surface area contributed by atoms with Gasteiger partial charge in [0.25, 0.3) is 5.91 Å². The van der Waals surface area contributed by atoms with Crippen LogP contribution in [0.15, 0.2) is 42.6 Å². The highest BCUT2D eigenvalue weighted by Gasteiger charge is 2.14. The number of hydrogen-bond donors (Lipinski definition) is 2. The van der Waals surface area contributed by atoms with E-state index in [1.165, 1.54) is 24.4 Å². The fourth-order valence-corrected chi connectivity index (χ4v) is 2.52. The molecule has 0 aliphatic rings. The lowest BCUT2D eigenvalue weighted by Gasteiger charge is -2.07. The minimum absolute atomic E-state index is 0.335. The molecule has 0 radical (unpaired) electrons. The van der Waals surface area contributed by atoms with E-state index in [-0.39, 0.29) is 5.91 Å². The number of benzene rings is 2. The van der Waals surface area contributed by atoms with Crippen molar-refractivity contribution in [3.8, 4) is 0 Å². The highest BCUT2D eigenvalue weighted by Crippen LogP contribution is 2.27. The number of fused-ring (bicyclic) bond motifs is 1. The Bertz CT molecular complexity index is 845. The van der Waals surface area contributed by atoms with Crippen LogP contribution in [0.3, 0.4) is 0 Å². The van der Waals surface area contributed by atoms with Gasteiger partial charge in [-0.05, 0) is 36.4 Å². The Morgan fingerprint density at radius 1 is 1.14 bits per heavy atom. The van der Waals surface area contributed by atoms with Gasteiger partial charge in [-0.3, -0.25) is 4.79 Å². The van der Waals surface area contributed by atoms with E-state index in [0.29, 0.717) is 32.2 Å². The van der Waals surface area contributed by atoms with Crippen LogP contribution in [0.4, 0.5) is 10.1 Å². The number of aromatic nitrogens is 1. The van der Waals surface area contributed by atoms with Crippen LogP contribution in [-0.4, -0.2) is 10.9 Å². The van der Waals surface area contributed by atoms with Crippen LogP contribution in [-0.2, 0) is 0 Å². The summed E-state index contributed by atoms with van der Waals surface area (Å²) in [4.78, 5) is 15.2. The molecule has 1 amide bonds. The molecule has 2 N–H and O–H groups in total. The molecule has 1 aromatic heterocycles. The Hall–Kier alpha value is -2.04. The third kappa shape index (κ3) is 2.73. The number of carbonyl (C=O) groups is 1. The first kappa shape index (κ1) is 13.9. The number of hydrogen-bond acceptors (Lipinski definition) is 1. The van der Waals surface area contributed by atoms with Crippen molar-refractivity contribution < 1.29 is 9.18 Å². The van der Waals surface area contributed by atoms with E-state index in [9.17, 15) is 9.18 Å². The molecule has 6 heteroatoms. The van der Waals surface area contributed by atoms with Gasteiger partial charge in [0.05, 0.1) is 16.3 Å². The van der Waals surface area contributed by atoms with E-state index in [4.69, 9.17) is 23.2 Å². The molecule has 3 aromatic rings. The third-order valence-electron chi connectivity index (χ3n) is 3.07. The molecule has 0 unspecified atom stereocenters. The summed E-state index contributed by atoms with van der Waals surface area (Å²) in [7, 11) is 0. The van der Waals surface area contributed by atoms with Crippen molar-refractivity contribution >= 4 is 45.7 Å². The second-order valence-electron chi connectivity index (χ2n) is 4.47. The smallest absolute Gasteiger partial charge is 0.257 e. The number of carbonyl (C=O) groups excluding carboxylic acids is 1. The molecule has 0 aliphatic carbocycles. The predicted molar refractivity (Wildman–Crippen MR) is 82.7 cm³/mol. The Balaban J connectivity index is 1.95. The molecule has 3 nitrogen and oxygen atoms in total. The molecule has 0 bridgehead atoms. The van der Waals surface area contributed by atoms with Gasteiger partial charge in [0, 0.05) is 22.1 Å². The Morgan fingerprint density at radius 3 is 2.71 bits per heavy atom. The van der Waals surface area contributed by atoms with Crippen molar-refractivity contribution in [2.24, 2.45) is 0 Å². The normalized spacial score (nSPS) is 10.8. The topological polar surface area (TPSA) is 44.9 Å². The van der Waals surface area contributed by atoms with E-state index in [0.717, 1.165) is 0 Å². The zero-order chi connectivity index (χ0) is 15.0. The number of H-pyrrole nitrogens is 1. The van der Waals surface area contributed by atoms with Crippen molar-refractivity contribution in [1.82, 2.24) is 4.98 Å². The predicted octanol–water partition coefficient (Wildman–Crippen LogP) is 4.87. The van der Waals surface area contributed by atoms with Crippen LogP contribution >= 0.6 is 23.2 Å². The maximum Gasteiger partial charge on any atom is 0.257 e. The standard InChI is InChI=1S/C15H9Cl2FN2O/c16-8-1-3-14(12(17)5-8)20-15(21)11-7-19-13-4-2-9(18)6-10(11)13/h1-7,19H,(H,20,21). The van der Waals surface area contributed by atoms with Crippen molar-refractivity contribution in [1.29, 1.82) is 0 Å². The summed E-state index contributed by atoms with van der Waals surface area (Å²) in [6.45, 7) is 0. The molecule has 0 fully saturated rings. The zero-order valence-corrected chi connectivity index (χ0v) is 12.1. The SMILES string of the molecule is O=C(Nc1ccc(Cl)cc1Cl)c1c[nH]c2ccc(F)cc12. The highest BCUT2D eigenvalue weighted by molar-refractivity contribution is 6.37. The summed E-state index contributed by atoms with van der Waals surface area (Å²) >= 11 is 11.8. The fraction of sp³-hybridized carbons (Fsp3) is 0. The third-order valence-corrected chi connectivity index (χ3v) is 3.62. The number of halogens is 3. The molecule has 1 heterocycles.